The molecule has 21 heavy (non-hydrogen) atoms. The molecule has 6 nitrogen and oxygen atoms in total. The van der Waals surface area contributed by atoms with E-state index in [-0.39, 0.29) is 11.5 Å². The van der Waals surface area contributed by atoms with Crippen LogP contribution < -0.4 is 10.9 Å². The van der Waals surface area contributed by atoms with Crippen molar-refractivity contribution in [1.29, 1.82) is 0 Å². The topological polar surface area (TPSA) is 79.8 Å². The molecule has 0 bridgehead atoms. The molecule has 2 aromatic heterocycles. The highest BCUT2D eigenvalue weighted by Crippen LogP contribution is 2.05. The number of aromatic nitrogens is 3. The smallest absolute Gasteiger partial charge is 0.251 e. The van der Waals surface area contributed by atoms with Crippen LogP contribution in [0.1, 0.15) is 29.4 Å². The summed E-state index contributed by atoms with van der Waals surface area (Å²) in [5.41, 5.74) is 0.877. The molecule has 0 spiro atoms. The third-order valence-corrected chi connectivity index (χ3v) is 3.19. The maximum absolute atomic E-state index is 12.0. The predicted octanol–water partition coefficient (Wildman–Crippen LogP) is 1.61. The molecule has 112 valence electrons. The number of hydrogen-bond donors (Lipinski definition) is 2. The van der Waals surface area contributed by atoms with Gasteiger partial charge in [-0.25, -0.2) is 0 Å². The van der Waals surface area contributed by atoms with Gasteiger partial charge in [0.15, 0.2) is 0 Å². The van der Waals surface area contributed by atoms with Crippen LogP contribution in [0.5, 0.6) is 0 Å². The maximum Gasteiger partial charge on any atom is 0.251 e. The fraction of sp³-hybridized carbons (Fsp3) is 0.357. The predicted molar refractivity (Wildman–Crippen MR) is 80.6 cm³/mol. The van der Waals surface area contributed by atoms with Crippen molar-refractivity contribution in [2.75, 3.05) is 6.54 Å². The molecular weight excluding hydrogens is 292 g/mol. The molecule has 0 radical (unpaired) electrons. The summed E-state index contributed by atoms with van der Waals surface area (Å²) in [5.74, 6) is -0.241. The molecule has 0 aliphatic rings. The first kappa shape index (κ1) is 15.3. The fourth-order valence-corrected chi connectivity index (χ4v) is 2.08. The molecule has 0 fully saturated rings. The first-order chi connectivity index (χ1) is 10.1. The van der Waals surface area contributed by atoms with Gasteiger partial charge in [0, 0.05) is 36.6 Å². The van der Waals surface area contributed by atoms with Gasteiger partial charge in [-0.15, -0.1) is 0 Å². The molecule has 2 rings (SSSR count). The lowest BCUT2D eigenvalue weighted by molar-refractivity contribution is 0.0952. The van der Waals surface area contributed by atoms with Crippen molar-refractivity contribution in [2.45, 2.75) is 26.3 Å². The van der Waals surface area contributed by atoms with E-state index in [0.717, 1.165) is 12.1 Å². The molecule has 0 saturated heterocycles. The van der Waals surface area contributed by atoms with Gasteiger partial charge < -0.3 is 10.3 Å². The Labute approximate surface area is 127 Å². The van der Waals surface area contributed by atoms with E-state index in [0.29, 0.717) is 30.1 Å². The number of hydrogen-bond acceptors (Lipinski definition) is 3. The summed E-state index contributed by atoms with van der Waals surface area (Å²) in [6.45, 7) is 3.09. The van der Waals surface area contributed by atoms with Crippen LogP contribution in [0, 0.1) is 0 Å². The molecule has 7 heteroatoms. The summed E-state index contributed by atoms with van der Waals surface area (Å²) in [7, 11) is 0. The quantitative estimate of drug-likeness (QED) is 0.796. The van der Waals surface area contributed by atoms with Crippen molar-refractivity contribution >= 4 is 17.5 Å². The zero-order valence-electron chi connectivity index (χ0n) is 11.7. The van der Waals surface area contributed by atoms with Gasteiger partial charge in [-0.3, -0.25) is 14.3 Å². The highest BCUT2D eigenvalue weighted by Gasteiger charge is 2.07. The van der Waals surface area contributed by atoms with E-state index >= 15 is 0 Å². The molecule has 0 aromatic carbocycles. The Bertz CT molecular complexity index is 678. The molecular formula is C14H17ClN4O2. The van der Waals surface area contributed by atoms with Gasteiger partial charge in [0.2, 0.25) is 5.56 Å². The molecule has 2 heterocycles. The fourth-order valence-electron chi connectivity index (χ4n) is 1.93. The van der Waals surface area contributed by atoms with Crippen LogP contribution in [0.3, 0.4) is 0 Å². The molecule has 2 N–H and O–H groups in total. The van der Waals surface area contributed by atoms with Gasteiger partial charge in [-0.1, -0.05) is 18.5 Å². The summed E-state index contributed by atoms with van der Waals surface area (Å²) in [6.07, 6.45) is 4.71. The Kier molecular flexibility index (Phi) is 5.16. The molecule has 0 saturated carbocycles. The third kappa shape index (κ3) is 4.46. The van der Waals surface area contributed by atoms with Crippen molar-refractivity contribution in [3.63, 3.8) is 0 Å². The molecule has 2 aromatic rings. The largest absolute Gasteiger partial charge is 0.352 e. The standard InChI is InChI=1S/C14H17ClN4O2/c1-2-12-6-10(7-13(20)18-12)14(21)16-4-3-5-19-9-11(15)8-17-19/h6-9H,2-5H2,1H3,(H,16,21)(H,18,20). The first-order valence-electron chi connectivity index (χ1n) is 6.78. The van der Waals surface area contributed by atoms with Crippen molar-refractivity contribution in [2.24, 2.45) is 0 Å². The summed E-state index contributed by atoms with van der Waals surface area (Å²) in [5, 5.41) is 7.43. The average Bonchev–Trinajstić information content (AvgIpc) is 2.88. The van der Waals surface area contributed by atoms with Gasteiger partial charge in [0.25, 0.3) is 5.91 Å². The Morgan fingerprint density at radius 2 is 2.29 bits per heavy atom. The molecule has 0 atom stereocenters. The van der Waals surface area contributed by atoms with Crippen LogP contribution in [0.25, 0.3) is 0 Å². The second-order valence-corrected chi connectivity index (χ2v) is 5.08. The Morgan fingerprint density at radius 3 is 2.95 bits per heavy atom. The van der Waals surface area contributed by atoms with Crippen LogP contribution in [0.4, 0.5) is 0 Å². The minimum atomic E-state index is -0.259. The second-order valence-electron chi connectivity index (χ2n) is 4.64. The van der Waals surface area contributed by atoms with Crippen LogP contribution in [0.2, 0.25) is 5.02 Å². The number of aryl methyl sites for hydroxylation is 2. The van der Waals surface area contributed by atoms with E-state index in [2.05, 4.69) is 15.4 Å². The lowest BCUT2D eigenvalue weighted by atomic mass is 10.2. The second kappa shape index (κ2) is 7.08. The summed E-state index contributed by atoms with van der Waals surface area (Å²) in [4.78, 5) is 26.1. The van der Waals surface area contributed by atoms with Gasteiger partial charge in [0.1, 0.15) is 0 Å². The lowest BCUT2D eigenvalue weighted by Crippen LogP contribution is -2.27. The number of aromatic amines is 1. The number of rotatable bonds is 6. The summed E-state index contributed by atoms with van der Waals surface area (Å²) < 4.78 is 1.72. The SMILES string of the molecule is CCc1cc(C(=O)NCCCn2cc(Cl)cn2)cc(=O)[nH]1. The molecule has 0 aliphatic heterocycles. The minimum Gasteiger partial charge on any atom is -0.352 e. The van der Waals surface area contributed by atoms with E-state index < -0.39 is 0 Å². The van der Waals surface area contributed by atoms with Gasteiger partial charge in [-0.05, 0) is 18.9 Å². The maximum atomic E-state index is 12.0. The zero-order valence-corrected chi connectivity index (χ0v) is 12.5. The number of halogens is 1. The number of H-pyrrole nitrogens is 1. The summed E-state index contributed by atoms with van der Waals surface area (Å²) in [6, 6.07) is 3.01. The van der Waals surface area contributed by atoms with E-state index in [9.17, 15) is 9.59 Å². The van der Waals surface area contributed by atoms with Gasteiger partial charge >= 0.3 is 0 Å². The highest BCUT2D eigenvalue weighted by molar-refractivity contribution is 6.30. The van der Waals surface area contributed by atoms with E-state index in [1.54, 1.807) is 23.1 Å². The normalized spacial score (nSPS) is 10.6. The minimum absolute atomic E-state index is 0.241. The van der Waals surface area contributed by atoms with Crippen LogP contribution in [-0.2, 0) is 13.0 Å². The van der Waals surface area contributed by atoms with E-state index in [1.807, 2.05) is 6.92 Å². The highest BCUT2D eigenvalue weighted by atomic mass is 35.5. The first-order valence-corrected chi connectivity index (χ1v) is 7.15. The number of carbonyl (C=O) groups is 1. The Morgan fingerprint density at radius 1 is 1.48 bits per heavy atom. The van der Waals surface area contributed by atoms with E-state index in [4.69, 9.17) is 11.6 Å². The van der Waals surface area contributed by atoms with Crippen molar-refractivity contribution in [3.8, 4) is 0 Å². The number of carbonyl (C=O) groups excluding carboxylic acids is 1. The van der Waals surface area contributed by atoms with E-state index in [1.165, 1.54) is 6.07 Å². The van der Waals surface area contributed by atoms with Crippen LogP contribution in [0.15, 0.2) is 29.3 Å². The third-order valence-electron chi connectivity index (χ3n) is 2.99. The lowest BCUT2D eigenvalue weighted by Gasteiger charge is -2.06. The number of nitrogens with zero attached hydrogens (tertiary/aromatic N) is 2. The molecule has 0 aliphatic carbocycles. The summed E-state index contributed by atoms with van der Waals surface area (Å²) >= 11 is 5.76. The Hall–Kier alpha value is -2.08. The number of amides is 1. The Balaban J connectivity index is 1.84. The van der Waals surface area contributed by atoms with Crippen molar-refractivity contribution in [3.05, 3.63) is 51.2 Å². The average molecular weight is 309 g/mol. The van der Waals surface area contributed by atoms with Crippen LogP contribution in [-0.4, -0.2) is 27.2 Å². The van der Waals surface area contributed by atoms with Crippen LogP contribution >= 0.6 is 11.6 Å². The van der Waals surface area contributed by atoms with Crippen molar-refractivity contribution in [1.82, 2.24) is 20.1 Å². The number of pyridine rings is 1. The monoisotopic (exact) mass is 308 g/mol. The molecule has 1 amide bonds. The van der Waals surface area contributed by atoms with Gasteiger partial charge in [-0.2, -0.15) is 5.10 Å². The number of nitrogens with one attached hydrogen (secondary N) is 2. The zero-order chi connectivity index (χ0) is 15.2. The van der Waals surface area contributed by atoms with Gasteiger partial charge in [0.05, 0.1) is 11.2 Å². The van der Waals surface area contributed by atoms with Crippen molar-refractivity contribution < 1.29 is 4.79 Å². The molecule has 0 unspecified atom stereocenters.